The fourth-order valence-corrected chi connectivity index (χ4v) is 2.50. The van der Waals surface area contributed by atoms with Crippen LogP contribution in [0, 0.1) is 13.8 Å². The van der Waals surface area contributed by atoms with Gasteiger partial charge in [0.25, 0.3) is 0 Å². The van der Waals surface area contributed by atoms with Crippen molar-refractivity contribution in [2.45, 2.75) is 27.2 Å². The highest BCUT2D eigenvalue weighted by Gasteiger charge is 2.11. The van der Waals surface area contributed by atoms with Gasteiger partial charge in [-0.15, -0.1) is 11.3 Å². The van der Waals surface area contributed by atoms with Gasteiger partial charge in [-0.2, -0.15) is 0 Å². The predicted octanol–water partition coefficient (Wildman–Crippen LogP) is 3.43. The second-order valence-corrected chi connectivity index (χ2v) is 5.13. The summed E-state index contributed by atoms with van der Waals surface area (Å²) in [6, 6.07) is 2.18. The van der Waals surface area contributed by atoms with Gasteiger partial charge in [0.15, 0.2) is 0 Å². The standard InChI is InChI=1S/C13H17N3S/c1-5-11-15-12(9(3)13(14-4)16-11)10-6-8(2)17-7-10/h6-7H,5H2,1-4H3,(H,14,15,16). The number of rotatable bonds is 3. The molecule has 0 atom stereocenters. The molecule has 0 aromatic carbocycles. The van der Waals surface area contributed by atoms with Crippen LogP contribution in [0.25, 0.3) is 11.3 Å². The fourth-order valence-electron chi connectivity index (χ4n) is 1.81. The highest BCUT2D eigenvalue weighted by atomic mass is 32.1. The molecule has 2 aromatic heterocycles. The largest absolute Gasteiger partial charge is 0.373 e. The predicted molar refractivity (Wildman–Crippen MR) is 73.7 cm³/mol. The first-order chi connectivity index (χ1) is 8.15. The summed E-state index contributed by atoms with van der Waals surface area (Å²) in [4.78, 5) is 10.4. The van der Waals surface area contributed by atoms with Gasteiger partial charge in [-0.3, -0.25) is 0 Å². The Morgan fingerprint density at radius 3 is 2.59 bits per heavy atom. The summed E-state index contributed by atoms with van der Waals surface area (Å²) >= 11 is 1.75. The number of nitrogens with one attached hydrogen (secondary N) is 1. The first kappa shape index (κ1) is 12.0. The smallest absolute Gasteiger partial charge is 0.132 e. The summed E-state index contributed by atoms with van der Waals surface area (Å²) in [6.45, 7) is 6.25. The zero-order chi connectivity index (χ0) is 12.4. The Kier molecular flexibility index (Phi) is 3.43. The van der Waals surface area contributed by atoms with Crippen molar-refractivity contribution < 1.29 is 0 Å². The first-order valence-electron chi connectivity index (χ1n) is 5.76. The topological polar surface area (TPSA) is 37.8 Å². The SMILES string of the molecule is CCc1nc(NC)c(C)c(-c2csc(C)c2)n1. The lowest BCUT2D eigenvalue weighted by molar-refractivity contribution is 0.936. The molecule has 17 heavy (non-hydrogen) atoms. The molecule has 0 spiro atoms. The Morgan fingerprint density at radius 1 is 1.29 bits per heavy atom. The number of nitrogens with zero attached hydrogens (tertiary/aromatic N) is 2. The number of aromatic nitrogens is 2. The van der Waals surface area contributed by atoms with Crippen molar-refractivity contribution in [2.24, 2.45) is 0 Å². The van der Waals surface area contributed by atoms with Crippen LogP contribution < -0.4 is 5.32 Å². The van der Waals surface area contributed by atoms with Gasteiger partial charge in [0, 0.05) is 34.9 Å². The third kappa shape index (κ3) is 2.31. The molecule has 0 saturated carbocycles. The Labute approximate surface area is 106 Å². The molecule has 2 aromatic rings. The van der Waals surface area contributed by atoms with Crippen LogP contribution in [0.1, 0.15) is 23.2 Å². The van der Waals surface area contributed by atoms with Crippen molar-refractivity contribution in [3.63, 3.8) is 0 Å². The highest BCUT2D eigenvalue weighted by Crippen LogP contribution is 2.29. The van der Waals surface area contributed by atoms with Crippen molar-refractivity contribution in [3.8, 4) is 11.3 Å². The van der Waals surface area contributed by atoms with Gasteiger partial charge < -0.3 is 5.32 Å². The number of anilines is 1. The van der Waals surface area contributed by atoms with Crippen molar-refractivity contribution in [1.29, 1.82) is 0 Å². The molecule has 90 valence electrons. The molecule has 0 aliphatic rings. The van der Waals surface area contributed by atoms with E-state index in [1.54, 1.807) is 11.3 Å². The van der Waals surface area contributed by atoms with Gasteiger partial charge in [0.05, 0.1) is 5.69 Å². The zero-order valence-electron chi connectivity index (χ0n) is 10.7. The minimum absolute atomic E-state index is 0.852. The van der Waals surface area contributed by atoms with Gasteiger partial charge >= 0.3 is 0 Å². The third-order valence-corrected chi connectivity index (χ3v) is 3.61. The second kappa shape index (κ2) is 4.84. The van der Waals surface area contributed by atoms with Crippen LogP contribution in [0.5, 0.6) is 0 Å². The van der Waals surface area contributed by atoms with E-state index in [1.165, 1.54) is 10.4 Å². The fraction of sp³-hybridized carbons (Fsp3) is 0.385. The molecule has 0 unspecified atom stereocenters. The van der Waals surface area contributed by atoms with Gasteiger partial charge in [0.1, 0.15) is 11.6 Å². The summed E-state index contributed by atoms with van der Waals surface area (Å²) in [5, 5.41) is 5.30. The van der Waals surface area contributed by atoms with E-state index in [2.05, 4.69) is 47.5 Å². The average molecular weight is 247 g/mol. The minimum atomic E-state index is 0.852. The van der Waals surface area contributed by atoms with E-state index >= 15 is 0 Å². The van der Waals surface area contributed by atoms with E-state index in [0.29, 0.717) is 0 Å². The van der Waals surface area contributed by atoms with Crippen LogP contribution in [0.2, 0.25) is 0 Å². The van der Waals surface area contributed by atoms with Gasteiger partial charge in [-0.25, -0.2) is 9.97 Å². The first-order valence-corrected chi connectivity index (χ1v) is 6.64. The average Bonchev–Trinajstić information content (AvgIpc) is 2.76. The van der Waals surface area contributed by atoms with Crippen LogP contribution in [0.4, 0.5) is 5.82 Å². The van der Waals surface area contributed by atoms with Crippen molar-refractivity contribution in [1.82, 2.24) is 9.97 Å². The van der Waals surface area contributed by atoms with Crippen LogP contribution >= 0.6 is 11.3 Å². The number of hydrogen-bond acceptors (Lipinski definition) is 4. The maximum Gasteiger partial charge on any atom is 0.132 e. The molecule has 0 aliphatic carbocycles. The summed E-state index contributed by atoms with van der Waals surface area (Å²) in [7, 11) is 1.90. The van der Waals surface area contributed by atoms with Gasteiger partial charge in [-0.1, -0.05) is 6.92 Å². The van der Waals surface area contributed by atoms with E-state index in [1.807, 2.05) is 7.05 Å². The molecule has 2 rings (SSSR count). The monoisotopic (exact) mass is 247 g/mol. The molecule has 1 N–H and O–H groups in total. The van der Waals surface area contributed by atoms with Crippen LogP contribution in [-0.2, 0) is 6.42 Å². The normalized spacial score (nSPS) is 10.6. The van der Waals surface area contributed by atoms with Crippen LogP contribution in [0.15, 0.2) is 11.4 Å². The molecule has 0 amide bonds. The second-order valence-electron chi connectivity index (χ2n) is 4.01. The van der Waals surface area contributed by atoms with Crippen LogP contribution in [-0.4, -0.2) is 17.0 Å². The molecule has 0 saturated heterocycles. The molecule has 3 nitrogen and oxygen atoms in total. The molecule has 2 heterocycles. The quantitative estimate of drug-likeness (QED) is 0.903. The maximum atomic E-state index is 4.64. The summed E-state index contributed by atoms with van der Waals surface area (Å²) < 4.78 is 0. The summed E-state index contributed by atoms with van der Waals surface area (Å²) in [5.74, 6) is 1.81. The molecular formula is C13H17N3S. The van der Waals surface area contributed by atoms with E-state index < -0.39 is 0 Å². The summed E-state index contributed by atoms with van der Waals surface area (Å²) in [5.41, 5.74) is 3.35. The Bertz CT molecular complexity index is 531. The number of hydrogen-bond donors (Lipinski definition) is 1. The molecule has 0 fully saturated rings. The van der Waals surface area contributed by atoms with Gasteiger partial charge in [0.2, 0.25) is 0 Å². The molecular weight excluding hydrogens is 230 g/mol. The van der Waals surface area contributed by atoms with E-state index in [0.717, 1.165) is 29.3 Å². The lowest BCUT2D eigenvalue weighted by Gasteiger charge is -2.10. The zero-order valence-corrected chi connectivity index (χ0v) is 11.5. The highest BCUT2D eigenvalue weighted by molar-refractivity contribution is 7.10. The van der Waals surface area contributed by atoms with Crippen LogP contribution in [0.3, 0.4) is 0 Å². The lowest BCUT2D eigenvalue weighted by Crippen LogP contribution is -2.04. The molecule has 0 aliphatic heterocycles. The van der Waals surface area contributed by atoms with E-state index in [4.69, 9.17) is 0 Å². The van der Waals surface area contributed by atoms with Gasteiger partial charge in [-0.05, 0) is 19.9 Å². The maximum absolute atomic E-state index is 4.64. The van der Waals surface area contributed by atoms with E-state index in [9.17, 15) is 0 Å². The third-order valence-electron chi connectivity index (χ3n) is 2.75. The Hall–Kier alpha value is -1.42. The van der Waals surface area contributed by atoms with Crippen molar-refractivity contribution in [3.05, 3.63) is 27.7 Å². The summed E-state index contributed by atoms with van der Waals surface area (Å²) in [6.07, 6.45) is 0.852. The number of aryl methyl sites for hydroxylation is 2. The molecule has 0 radical (unpaired) electrons. The van der Waals surface area contributed by atoms with E-state index in [-0.39, 0.29) is 0 Å². The van der Waals surface area contributed by atoms with Crippen molar-refractivity contribution >= 4 is 17.2 Å². The lowest BCUT2D eigenvalue weighted by atomic mass is 10.1. The number of thiophene rings is 1. The Balaban J connectivity index is 2.59. The van der Waals surface area contributed by atoms with Crippen molar-refractivity contribution in [2.75, 3.05) is 12.4 Å². The molecule has 4 heteroatoms. The minimum Gasteiger partial charge on any atom is -0.373 e. The molecule has 0 bridgehead atoms. The Morgan fingerprint density at radius 2 is 2.06 bits per heavy atom.